The highest BCUT2D eigenvalue weighted by Gasteiger charge is 2.14. The molecule has 0 aliphatic carbocycles. The lowest BCUT2D eigenvalue weighted by atomic mass is 10.0. The van der Waals surface area contributed by atoms with Crippen molar-refractivity contribution in [3.63, 3.8) is 0 Å². The summed E-state index contributed by atoms with van der Waals surface area (Å²) in [6.45, 7) is 0. The van der Waals surface area contributed by atoms with Crippen molar-refractivity contribution in [3.05, 3.63) is 101 Å². The predicted molar refractivity (Wildman–Crippen MR) is 129 cm³/mol. The summed E-state index contributed by atoms with van der Waals surface area (Å²) in [7, 11) is 0. The predicted octanol–water partition coefficient (Wildman–Crippen LogP) is 5.58. The van der Waals surface area contributed by atoms with Crippen LogP contribution < -0.4 is 4.74 Å². The molecule has 0 heterocycles. The Morgan fingerprint density at radius 2 is 1.12 bits per heavy atom. The van der Waals surface area contributed by atoms with Crippen molar-refractivity contribution >= 4 is 0 Å². The van der Waals surface area contributed by atoms with Crippen molar-refractivity contribution in [2.75, 3.05) is 0 Å². The number of phenolic OH excluding ortho intramolecular Hbond substituents is 5. The highest BCUT2D eigenvalue weighted by molar-refractivity contribution is 5.53. The maximum Gasteiger partial charge on any atom is 0.169 e. The smallest absolute Gasteiger partial charge is 0.169 e. The largest absolute Gasteiger partial charge is 0.508 e. The van der Waals surface area contributed by atoms with E-state index in [1.165, 1.54) is 6.07 Å². The molecule has 0 amide bonds. The molecule has 0 aromatic heterocycles. The van der Waals surface area contributed by atoms with Crippen LogP contribution in [-0.4, -0.2) is 25.5 Å². The van der Waals surface area contributed by atoms with Crippen LogP contribution in [0.1, 0.15) is 22.3 Å². The number of ether oxygens (including phenoxy) is 1. The van der Waals surface area contributed by atoms with E-state index in [4.69, 9.17) is 4.74 Å². The van der Waals surface area contributed by atoms with E-state index >= 15 is 0 Å². The average molecular weight is 459 g/mol. The van der Waals surface area contributed by atoms with Gasteiger partial charge < -0.3 is 30.3 Å². The lowest BCUT2D eigenvalue weighted by Crippen LogP contribution is -1.95. The van der Waals surface area contributed by atoms with Crippen LogP contribution in [0.15, 0.2) is 78.9 Å². The van der Waals surface area contributed by atoms with Crippen LogP contribution in [-0.2, 0) is 25.7 Å². The molecular formula is C28H26O6. The Bertz CT molecular complexity index is 1280. The van der Waals surface area contributed by atoms with Crippen LogP contribution in [0.5, 0.6) is 40.2 Å². The van der Waals surface area contributed by atoms with Gasteiger partial charge >= 0.3 is 0 Å². The molecule has 0 aliphatic rings. The highest BCUT2D eigenvalue weighted by atomic mass is 16.5. The third kappa shape index (κ3) is 5.72. The molecule has 0 unspecified atom stereocenters. The molecule has 0 radical (unpaired) electrons. The first-order valence-electron chi connectivity index (χ1n) is 11.0. The second kappa shape index (κ2) is 10.1. The fourth-order valence-electron chi connectivity index (χ4n) is 3.74. The molecule has 0 fully saturated rings. The minimum absolute atomic E-state index is 0.0585. The van der Waals surface area contributed by atoms with Gasteiger partial charge in [0.25, 0.3) is 0 Å². The Balaban J connectivity index is 1.49. The summed E-state index contributed by atoms with van der Waals surface area (Å²) in [6, 6.07) is 21.8. The van der Waals surface area contributed by atoms with Gasteiger partial charge in [-0.25, -0.2) is 0 Å². The normalized spacial score (nSPS) is 10.8. The van der Waals surface area contributed by atoms with E-state index in [0.29, 0.717) is 24.8 Å². The molecule has 0 bridgehead atoms. The van der Waals surface area contributed by atoms with Gasteiger partial charge in [0, 0.05) is 6.07 Å². The SMILES string of the molecule is Oc1ccc(CCc2ccc(O)c(Oc3cc(CCc4cccc(O)c4)c(O)cc3O)c2)cc1. The monoisotopic (exact) mass is 458 g/mol. The third-order valence-electron chi connectivity index (χ3n) is 5.64. The molecule has 5 N–H and O–H groups in total. The zero-order valence-electron chi connectivity index (χ0n) is 18.5. The molecular weight excluding hydrogens is 432 g/mol. The molecule has 6 heteroatoms. The van der Waals surface area contributed by atoms with Crippen molar-refractivity contribution in [2.45, 2.75) is 25.7 Å². The summed E-state index contributed by atoms with van der Waals surface area (Å²) in [5, 5.41) is 49.9. The third-order valence-corrected chi connectivity index (χ3v) is 5.64. The summed E-state index contributed by atoms with van der Waals surface area (Å²) in [4.78, 5) is 0. The van der Waals surface area contributed by atoms with Gasteiger partial charge in [0.1, 0.15) is 17.2 Å². The number of hydrogen-bond donors (Lipinski definition) is 5. The summed E-state index contributed by atoms with van der Waals surface area (Å²) in [5.74, 6) is 0.348. The molecule has 4 rings (SSSR count). The van der Waals surface area contributed by atoms with Gasteiger partial charge in [-0.05, 0) is 90.4 Å². The van der Waals surface area contributed by atoms with E-state index in [9.17, 15) is 25.5 Å². The van der Waals surface area contributed by atoms with Crippen LogP contribution in [0.2, 0.25) is 0 Å². The van der Waals surface area contributed by atoms with E-state index in [1.54, 1.807) is 54.6 Å². The second-order valence-electron chi connectivity index (χ2n) is 8.19. The van der Waals surface area contributed by atoms with E-state index in [0.717, 1.165) is 23.1 Å². The van der Waals surface area contributed by atoms with Crippen molar-refractivity contribution in [1.29, 1.82) is 0 Å². The molecule has 4 aromatic rings. The Morgan fingerprint density at radius 3 is 1.88 bits per heavy atom. The van der Waals surface area contributed by atoms with Crippen molar-refractivity contribution < 1.29 is 30.3 Å². The van der Waals surface area contributed by atoms with E-state index in [1.807, 2.05) is 18.2 Å². The zero-order valence-corrected chi connectivity index (χ0v) is 18.5. The molecule has 0 spiro atoms. The van der Waals surface area contributed by atoms with Crippen molar-refractivity contribution in [2.24, 2.45) is 0 Å². The summed E-state index contributed by atoms with van der Waals surface area (Å²) >= 11 is 0. The quantitative estimate of drug-likeness (QED) is 0.236. The number of benzene rings is 4. The lowest BCUT2D eigenvalue weighted by Gasteiger charge is -2.14. The number of aromatic hydroxyl groups is 5. The maximum absolute atomic E-state index is 10.3. The first-order valence-corrected chi connectivity index (χ1v) is 11.0. The number of phenols is 5. The van der Waals surface area contributed by atoms with Gasteiger partial charge in [-0.3, -0.25) is 0 Å². The molecule has 34 heavy (non-hydrogen) atoms. The maximum atomic E-state index is 10.3. The Morgan fingerprint density at radius 1 is 0.471 bits per heavy atom. The molecule has 6 nitrogen and oxygen atoms in total. The van der Waals surface area contributed by atoms with Crippen molar-refractivity contribution in [3.8, 4) is 40.2 Å². The lowest BCUT2D eigenvalue weighted by molar-refractivity contribution is 0.380. The molecule has 0 saturated heterocycles. The van der Waals surface area contributed by atoms with E-state index in [-0.39, 0.29) is 40.2 Å². The van der Waals surface area contributed by atoms with Gasteiger partial charge in [-0.15, -0.1) is 0 Å². The summed E-state index contributed by atoms with van der Waals surface area (Å²) in [6.07, 6.45) is 2.47. The number of hydrogen-bond acceptors (Lipinski definition) is 6. The minimum atomic E-state index is -0.243. The van der Waals surface area contributed by atoms with Gasteiger partial charge in [0.15, 0.2) is 23.0 Å². The fourth-order valence-corrected chi connectivity index (χ4v) is 3.74. The van der Waals surface area contributed by atoms with Gasteiger partial charge in [-0.1, -0.05) is 30.3 Å². The Kier molecular flexibility index (Phi) is 6.78. The van der Waals surface area contributed by atoms with Gasteiger partial charge in [0.2, 0.25) is 0 Å². The summed E-state index contributed by atoms with van der Waals surface area (Å²) in [5.41, 5.74) is 3.48. The van der Waals surface area contributed by atoms with Crippen LogP contribution >= 0.6 is 0 Å². The van der Waals surface area contributed by atoms with Crippen LogP contribution in [0, 0.1) is 0 Å². The molecule has 0 aliphatic heterocycles. The number of aryl methyl sites for hydroxylation is 4. The number of rotatable bonds is 8. The zero-order chi connectivity index (χ0) is 24.1. The van der Waals surface area contributed by atoms with Crippen LogP contribution in [0.25, 0.3) is 0 Å². The van der Waals surface area contributed by atoms with Gasteiger partial charge in [0.05, 0.1) is 0 Å². The van der Waals surface area contributed by atoms with Gasteiger partial charge in [-0.2, -0.15) is 0 Å². The fraction of sp³-hybridized carbons (Fsp3) is 0.143. The highest BCUT2D eigenvalue weighted by Crippen LogP contribution is 2.39. The minimum Gasteiger partial charge on any atom is -0.508 e. The Hall–Kier alpha value is -4.32. The first-order chi connectivity index (χ1) is 16.4. The average Bonchev–Trinajstić information content (AvgIpc) is 2.81. The Labute approximate surface area is 197 Å². The molecule has 174 valence electrons. The summed E-state index contributed by atoms with van der Waals surface area (Å²) < 4.78 is 5.83. The van der Waals surface area contributed by atoms with E-state index in [2.05, 4.69) is 0 Å². The van der Waals surface area contributed by atoms with E-state index < -0.39 is 0 Å². The standard InChI is InChI=1S/C28H26O6/c29-22-11-7-18(8-12-22)4-5-20-9-13-24(31)27(15-20)34-28-16-21(25(32)17-26(28)33)10-6-19-2-1-3-23(30)14-19/h1-3,7-9,11-17,29-33H,4-6,10H2. The van der Waals surface area contributed by atoms with Crippen LogP contribution in [0.3, 0.4) is 0 Å². The molecule has 4 aromatic carbocycles. The van der Waals surface area contributed by atoms with Crippen molar-refractivity contribution in [1.82, 2.24) is 0 Å². The first kappa shape index (κ1) is 22.9. The molecule has 0 saturated carbocycles. The second-order valence-corrected chi connectivity index (χ2v) is 8.19. The van der Waals surface area contributed by atoms with Crippen LogP contribution in [0.4, 0.5) is 0 Å². The molecule has 0 atom stereocenters. The topological polar surface area (TPSA) is 110 Å².